The maximum Gasteiger partial charge on any atom is 0.276 e. The van der Waals surface area contributed by atoms with Crippen molar-refractivity contribution >= 4 is 37.4 Å². The van der Waals surface area contributed by atoms with E-state index in [2.05, 4.69) is 10.4 Å². The van der Waals surface area contributed by atoms with Crippen LogP contribution in [0.1, 0.15) is 24.2 Å². The quantitative estimate of drug-likeness (QED) is 0.569. The van der Waals surface area contributed by atoms with Gasteiger partial charge >= 0.3 is 0 Å². The highest BCUT2D eigenvalue weighted by Gasteiger charge is 2.21. The summed E-state index contributed by atoms with van der Waals surface area (Å²) in [5.74, 6) is -0.708. The van der Waals surface area contributed by atoms with Crippen molar-refractivity contribution < 1.29 is 9.18 Å². The third-order valence-corrected chi connectivity index (χ3v) is 5.99. The van der Waals surface area contributed by atoms with Gasteiger partial charge < -0.3 is 5.32 Å². The first-order valence-electron chi connectivity index (χ1n) is 8.88. The Labute approximate surface area is 164 Å². The molecule has 0 spiro atoms. The van der Waals surface area contributed by atoms with Crippen molar-refractivity contribution in [3.63, 3.8) is 0 Å². The molecule has 0 aliphatic carbocycles. The van der Waals surface area contributed by atoms with E-state index in [0.29, 0.717) is 16.6 Å². The largest absolute Gasteiger partial charge is 0.350 e. The van der Waals surface area contributed by atoms with Gasteiger partial charge in [-0.3, -0.25) is 9.59 Å². The molecule has 0 fully saturated rings. The summed E-state index contributed by atoms with van der Waals surface area (Å²) in [5, 5.41) is 8.60. The number of aryl methyl sites for hydroxylation is 1. The fourth-order valence-electron chi connectivity index (χ4n) is 3.24. The molecule has 2 aromatic carbocycles. The molecule has 5 nitrogen and oxygen atoms in total. The van der Waals surface area contributed by atoms with Gasteiger partial charge in [0.1, 0.15) is 11.9 Å². The Bertz CT molecular complexity index is 1260. The monoisotopic (exact) mass is 395 g/mol. The number of rotatable bonds is 4. The van der Waals surface area contributed by atoms with Crippen LogP contribution in [0.5, 0.6) is 0 Å². The van der Waals surface area contributed by atoms with E-state index < -0.39 is 6.04 Å². The van der Waals surface area contributed by atoms with E-state index in [-0.39, 0.29) is 23.8 Å². The zero-order chi connectivity index (χ0) is 19.8. The fraction of sp³-hybridized carbons (Fsp3) is 0.190. The lowest BCUT2D eigenvalue weighted by Gasteiger charge is -2.15. The highest BCUT2D eigenvalue weighted by Crippen LogP contribution is 2.32. The molecule has 4 rings (SSSR count). The number of carbonyl (C=O) groups is 1. The normalized spacial score (nSPS) is 12.4. The Morgan fingerprint density at radius 2 is 2.04 bits per heavy atom. The van der Waals surface area contributed by atoms with Crippen molar-refractivity contribution in [2.75, 3.05) is 0 Å². The van der Waals surface area contributed by atoms with Gasteiger partial charge in [-0.25, -0.2) is 9.07 Å². The van der Waals surface area contributed by atoms with Gasteiger partial charge in [0.25, 0.3) is 5.56 Å². The summed E-state index contributed by atoms with van der Waals surface area (Å²) < 4.78 is 16.4. The van der Waals surface area contributed by atoms with E-state index in [1.807, 2.05) is 31.2 Å². The summed E-state index contributed by atoms with van der Waals surface area (Å²) in [5.41, 5.74) is 1.07. The molecule has 0 bridgehead atoms. The Balaban J connectivity index is 1.68. The van der Waals surface area contributed by atoms with Gasteiger partial charge in [0, 0.05) is 16.6 Å². The molecule has 1 N–H and O–H groups in total. The SMILES string of the molecule is Cc1nn([C@@H](C)C(=O)NCc2cccc(F)c2)c(=O)c2c1sc1ccccc12. The fourth-order valence-corrected chi connectivity index (χ4v) is 4.37. The van der Waals surface area contributed by atoms with Gasteiger partial charge in [-0.05, 0) is 37.6 Å². The molecule has 0 saturated heterocycles. The summed E-state index contributed by atoms with van der Waals surface area (Å²) in [6, 6.07) is 12.9. The molecule has 4 aromatic rings. The minimum atomic E-state index is -0.789. The van der Waals surface area contributed by atoms with Gasteiger partial charge in [-0.15, -0.1) is 11.3 Å². The van der Waals surface area contributed by atoms with E-state index in [4.69, 9.17) is 0 Å². The van der Waals surface area contributed by atoms with Crippen LogP contribution >= 0.6 is 11.3 Å². The lowest BCUT2D eigenvalue weighted by Crippen LogP contribution is -2.37. The highest BCUT2D eigenvalue weighted by molar-refractivity contribution is 7.26. The average molecular weight is 395 g/mol. The van der Waals surface area contributed by atoms with Crippen molar-refractivity contribution in [1.82, 2.24) is 15.1 Å². The van der Waals surface area contributed by atoms with Crippen molar-refractivity contribution in [1.29, 1.82) is 0 Å². The number of nitrogens with one attached hydrogen (secondary N) is 1. The molecule has 2 heterocycles. The van der Waals surface area contributed by atoms with E-state index in [1.165, 1.54) is 28.2 Å². The van der Waals surface area contributed by atoms with Crippen LogP contribution in [0.25, 0.3) is 20.2 Å². The maximum absolute atomic E-state index is 13.3. The predicted octanol–water partition coefficient (Wildman–Crippen LogP) is 3.94. The van der Waals surface area contributed by atoms with Crippen LogP contribution in [0.3, 0.4) is 0 Å². The minimum absolute atomic E-state index is 0.179. The van der Waals surface area contributed by atoms with E-state index in [9.17, 15) is 14.0 Å². The smallest absolute Gasteiger partial charge is 0.276 e. The van der Waals surface area contributed by atoms with Gasteiger partial charge in [0.2, 0.25) is 5.91 Å². The van der Waals surface area contributed by atoms with Gasteiger partial charge in [0.15, 0.2) is 0 Å². The lowest BCUT2D eigenvalue weighted by molar-refractivity contribution is -0.124. The average Bonchev–Trinajstić information content (AvgIpc) is 3.09. The zero-order valence-corrected chi connectivity index (χ0v) is 16.2. The molecule has 1 amide bonds. The number of benzene rings is 2. The Morgan fingerprint density at radius 3 is 2.82 bits per heavy atom. The number of aromatic nitrogens is 2. The second-order valence-electron chi connectivity index (χ2n) is 6.66. The van der Waals surface area contributed by atoms with Crippen LogP contribution in [-0.4, -0.2) is 15.7 Å². The Kier molecular flexibility index (Phi) is 4.68. The first-order valence-corrected chi connectivity index (χ1v) is 9.70. The summed E-state index contributed by atoms with van der Waals surface area (Å²) in [4.78, 5) is 25.7. The standard InChI is InChI=1S/C21H18FN3O2S/c1-12-19-18(16-8-3-4-9-17(16)28-19)21(27)25(24-12)13(2)20(26)23-11-14-6-5-7-15(22)10-14/h3-10,13H,11H2,1-2H3,(H,23,26)/t13-/m0/s1. The minimum Gasteiger partial charge on any atom is -0.350 e. The molecular weight excluding hydrogens is 377 g/mol. The highest BCUT2D eigenvalue weighted by atomic mass is 32.1. The molecular formula is C21H18FN3O2S. The summed E-state index contributed by atoms with van der Waals surface area (Å²) in [6.07, 6.45) is 0. The molecule has 2 aromatic heterocycles. The number of fused-ring (bicyclic) bond motifs is 3. The third kappa shape index (κ3) is 3.18. The van der Waals surface area contributed by atoms with E-state index in [0.717, 1.165) is 14.8 Å². The van der Waals surface area contributed by atoms with Crippen LogP contribution in [0, 0.1) is 12.7 Å². The molecule has 0 aliphatic rings. The number of nitrogens with zero attached hydrogens (tertiary/aromatic N) is 2. The van der Waals surface area contributed by atoms with E-state index in [1.54, 1.807) is 19.1 Å². The zero-order valence-electron chi connectivity index (χ0n) is 15.4. The van der Waals surface area contributed by atoms with Crippen LogP contribution in [-0.2, 0) is 11.3 Å². The molecule has 0 radical (unpaired) electrons. The molecule has 142 valence electrons. The number of carbonyl (C=O) groups excluding carboxylic acids is 1. The second-order valence-corrected chi connectivity index (χ2v) is 7.71. The topological polar surface area (TPSA) is 64.0 Å². The second kappa shape index (κ2) is 7.16. The van der Waals surface area contributed by atoms with Crippen molar-refractivity contribution in [2.24, 2.45) is 0 Å². The van der Waals surface area contributed by atoms with Gasteiger partial charge in [0.05, 0.1) is 15.8 Å². The van der Waals surface area contributed by atoms with Crippen molar-refractivity contribution in [2.45, 2.75) is 26.4 Å². The molecule has 1 atom stereocenters. The number of hydrogen-bond acceptors (Lipinski definition) is 4. The summed E-state index contributed by atoms with van der Waals surface area (Å²) in [6.45, 7) is 3.65. The Morgan fingerprint density at radius 1 is 1.25 bits per heavy atom. The first kappa shape index (κ1) is 18.3. The molecule has 0 saturated carbocycles. The summed E-state index contributed by atoms with van der Waals surface area (Å²) >= 11 is 1.53. The van der Waals surface area contributed by atoms with E-state index >= 15 is 0 Å². The number of halogens is 1. The maximum atomic E-state index is 13.3. The van der Waals surface area contributed by atoms with Crippen LogP contribution < -0.4 is 10.9 Å². The Hall–Kier alpha value is -3.06. The van der Waals surface area contributed by atoms with Crippen LogP contribution in [0.2, 0.25) is 0 Å². The summed E-state index contributed by atoms with van der Waals surface area (Å²) in [7, 11) is 0. The van der Waals surface area contributed by atoms with Gasteiger partial charge in [-0.1, -0.05) is 30.3 Å². The predicted molar refractivity (Wildman–Crippen MR) is 109 cm³/mol. The number of amides is 1. The number of thiophene rings is 1. The molecule has 0 unspecified atom stereocenters. The van der Waals surface area contributed by atoms with Crippen molar-refractivity contribution in [3.8, 4) is 0 Å². The van der Waals surface area contributed by atoms with Crippen LogP contribution in [0.4, 0.5) is 4.39 Å². The number of hydrogen-bond donors (Lipinski definition) is 1. The molecule has 28 heavy (non-hydrogen) atoms. The van der Waals surface area contributed by atoms with Crippen molar-refractivity contribution in [3.05, 3.63) is 76.0 Å². The molecule has 7 heteroatoms. The van der Waals surface area contributed by atoms with Gasteiger partial charge in [-0.2, -0.15) is 5.10 Å². The lowest BCUT2D eigenvalue weighted by atomic mass is 10.2. The first-order chi connectivity index (χ1) is 13.5. The molecule has 0 aliphatic heterocycles. The van der Waals surface area contributed by atoms with Crippen LogP contribution in [0.15, 0.2) is 53.3 Å². The third-order valence-electron chi connectivity index (χ3n) is 4.71.